The predicted octanol–water partition coefficient (Wildman–Crippen LogP) is 2.95. The van der Waals surface area contributed by atoms with Crippen LogP contribution in [0.15, 0.2) is 21.0 Å². The van der Waals surface area contributed by atoms with Crippen molar-refractivity contribution in [2.45, 2.75) is 38.1 Å². The Bertz CT molecular complexity index is 586. The van der Waals surface area contributed by atoms with Crippen molar-refractivity contribution in [2.24, 2.45) is 0 Å². The highest BCUT2D eigenvalue weighted by Crippen LogP contribution is 2.35. The molecule has 0 aliphatic heterocycles. The van der Waals surface area contributed by atoms with E-state index in [1.807, 2.05) is 33.2 Å². The van der Waals surface area contributed by atoms with Gasteiger partial charge in [0.15, 0.2) is 0 Å². The topological polar surface area (TPSA) is 67.3 Å². The standard InChI is InChI=1S/C15H22N4O2/c1-10-7-8-13(20-10)12(19(2)3)9-16-15-18-17-14(21-15)11-5-4-6-11/h7-8,11-12H,4-6,9H2,1-3H3,(H,16,18). The molecule has 0 saturated heterocycles. The molecule has 1 saturated carbocycles. The maximum absolute atomic E-state index is 5.72. The van der Waals surface area contributed by atoms with Gasteiger partial charge < -0.3 is 14.2 Å². The van der Waals surface area contributed by atoms with E-state index in [-0.39, 0.29) is 6.04 Å². The van der Waals surface area contributed by atoms with Crippen LogP contribution in [0.4, 0.5) is 6.01 Å². The Hall–Kier alpha value is -1.82. The molecule has 1 fully saturated rings. The average Bonchev–Trinajstić information content (AvgIpc) is 2.97. The molecule has 0 spiro atoms. The molecule has 1 unspecified atom stereocenters. The van der Waals surface area contributed by atoms with Gasteiger partial charge in [-0.15, -0.1) is 5.10 Å². The lowest BCUT2D eigenvalue weighted by atomic mass is 9.85. The van der Waals surface area contributed by atoms with E-state index in [9.17, 15) is 0 Å². The molecule has 1 aliphatic rings. The van der Waals surface area contributed by atoms with Crippen molar-refractivity contribution in [1.82, 2.24) is 15.1 Å². The second-order valence-corrected chi connectivity index (χ2v) is 5.88. The highest BCUT2D eigenvalue weighted by molar-refractivity contribution is 5.21. The maximum Gasteiger partial charge on any atom is 0.315 e. The number of hydrogen-bond donors (Lipinski definition) is 1. The van der Waals surface area contributed by atoms with Crippen LogP contribution in [0.1, 0.15) is 48.6 Å². The molecule has 2 heterocycles. The fourth-order valence-corrected chi connectivity index (χ4v) is 2.48. The van der Waals surface area contributed by atoms with Gasteiger partial charge in [-0.2, -0.15) is 0 Å². The summed E-state index contributed by atoms with van der Waals surface area (Å²) in [6, 6.07) is 4.60. The first-order valence-corrected chi connectivity index (χ1v) is 7.43. The number of rotatable bonds is 6. The molecule has 2 aromatic heterocycles. The zero-order chi connectivity index (χ0) is 14.8. The maximum atomic E-state index is 5.72. The third-order valence-corrected chi connectivity index (χ3v) is 4.05. The van der Waals surface area contributed by atoms with Crippen LogP contribution in [0.25, 0.3) is 0 Å². The summed E-state index contributed by atoms with van der Waals surface area (Å²) in [5.41, 5.74) is 0. The summed E-state index contributed by atoms with van der Waals surface area (Å²) in [5.74, 6) is 3.08. The first-order chi connectivity index (χ1) is 10.1. The summed E-state index contributed by atoms with van der Waals surface area (Å²) in [7, 11) is 4.05. The lowest BCUT2D eigenvalue weighted by Gasteiger charge is -2.22. The van der Waals surface area contributed by atoms with Crippen LogP contribution in [0.5, 0.6) is 0 Å². The van der Waals surface area contributed by atoms with Gasteiger partial charge in [-0.1, -0.05) is 11.5 Å². The fraction of sp³-hybridized carbons (Fsp3) is 0.600. The van der Waals surface area contributed by atoms with Crippen molar-refractivity contribution in [2.75, 3.05) is 26.0 Å². The first kappa shape index (κ1) is 14.1. The summed E-state index contributed by atoms with van der Waals surface area (Å²) in [5, 5.41) is 11.4. The van der Waals surface area contributed by atoms with E-state index in [0.29, 0.717) is 18.5 Å². The Morgan fingerprint density at radius 1 is 1.29 bits per heavy atom. The monoisotopic (exact) mass is 290 g/mol. The largest absolute Gasteiger partial charge is 0.465 e. The Morgan fingerprint density at radius 3 is 2.67 bits per heavy atom. The SMILES string of the molecule is Cc1ccc(C(CNc2nnc(C3CCC3)o2)N(C)C)o1. The van der Waals surface area contributed by atoms with Crippen molar-refractivity contribution in [1.29, 1.82) is 0 Å². The van der Waals surface area contributed by atoms with Crippen molar-refractivity contribution < 1.29 is 8.83 Å². The molecule has 6 heteroatoms. The van der Waals surface area contributed by atoms with Gasteiger partial charge in [-0.3, -0.25) is 4.90 Å². The van der Waals surface area contributed by atoms with Crippen molar-refractivity contribution in [3.05, 3.63) is 29.5 Å². The molecular weight excluding hydrogens is 268 g/mol. The number of aryl methyl sites for hydroxylation is 1. The van der Waals surface area contributed by atoms with Gasteiger partial charge in [-0.05, 0) is 46.0 Å². The number of nitrogens with zero attached hydrogens (tertiary/aromatic N) is 3. The van der Waals surface area contributed by atoms with E-state index in [2.05, 4.69) is 20.4 Å². The molecule has 2 aromatic rings. The number of anilines is 1. The highest BCUT2D eigenvalue weighted by atomic mass is 16.4. The minimum Gasteiger partial charge on any atom is -0.465 e. The highest BCUT2D eigenvalue weighted by Gasteiger charge is 2.25. The summed E-state index contributed by atoms with van der Waals surface area (Å²) >= 11 is 0. The quantitative estimate of drug-likeness (QED) is 0.882. The molecule has 3 rings (SSSR count). The molecule has 1 atom stereocenters. The Morgan fingerprint density at radius 2 is 2.10 bits per heavy atom. The minimum atomic E-state index is 0.123. The van der Waals surface area contributed by atoms with Crippen molar-refractivity contribution >= 4 is 6.01 Å². The Kier molecular flexibility index (Phi) is 3.96. The van der Waals surface area contributed by atoms with Gasteiger partial charge in [0.05, 0.1) is 6.04 Å². The normalized spacial score (nSPS) is 17.0. The third kappa shape index (κ3) is 3.10. The lowest BCUT2D eigenvalue weighted by molar-refractivity contribution is 0.265. The molecule has 0 radical (unpaired) electrons. The number of nitrogens with one attached hydrogen (secondary N) is 1. The summed E-state index contributed by atoms with van der Waals surface area (Å²) in [6.07, 6.45) is 3.58. The molecule has 114 valence electrons. The van der Waals surface area contributed by atoms with Crippen LogP contribution in [0.3, 0.4) is 0 Å². The molecule has 21 heavy (non-hydrogen) atoms. The van der Waals surface area contributed by atoms with Crippen LogP contribution in [-0.2, 0) is 0 Å². The third-order valence-electron chi connectivity index (χ3n) is 4.05. The van der Waals surface area contributed by atoms with Gasteiger partial charge in [0, 0.05) is 12.5 Å². The average molecular weight is 290 g/mol. The molecule has 6 nitrogen and oxygen atoms in total. The fourth-order valence-electron chi connectivity index (χ4n) is 2.48. The van der Waals surface area contributed by atoms with Crippen LogP contribution in [-0.4, -0.2) is 35.7 Å². The summed E-state index contributed by atoms with van der Waals surface area (Å²) < 4.78 is 11.4. The van der Waals surface area contributed by atoms with Crippen molar-refractivity contribution in [3.8, 4) is 0 Å². The second kappa shape index (κ2) is 5.89. The molecule has 0 bridgehead atoms. The number of aromatic nitrogens is 2. The predicted molar refractivity (Wildman–Crippen MR) is 79.3 cm³/mol. The Balaban J connectivity index is 1.62. The number of furan rings is 1. The summed E-state index contributed by atoms with van der Waals surface area (Å²) in [4.78, 5) is 2.11. The van der Waals surface area contributed by atoms with E-state index >= 15 is 0 Å². The van der Waals surface area contributed by atoms with Crippen LogP contribution >= 0.6 is 0 Å². The van der Waals surface area contributed by atoms with Crippen LogP contribution < -0.4 is 5.32 Å². The molecular formula is C15H22N4O2. The molecule has 0 amide bonds. The zero-order valence-electron chi connectivity index (χ0n) is 12.8. The van der Waals surface area contributed by atoms with Gasteiger partial charge >= 0.3 is 6.01 Å². The second-order valence-electron chi connectivity index (χ2n) is 5.88. The Labute approximate surface area is 124 Å². The summed E-state index contributed by atoms with van der Waals surface area (Å²) in [6.45, 7) is 2.61. The number of likely N-dealkylation sites (N-methyl/N-ethyl adjacent to an activating group) is 1. The molecule has 1 aliphatic carbocycles. The van der Waals surface area contributed by atoms with Crippen LogP contribution in [0, 0.1) is 6.92 Å². The van der Waals surface area contributed by atoms with Gasteiger partial charge in [0.25, 0.3) is 0 Å². The zero-order valence-corrected chi connectivity index (χ0v) is 12.8. The lowest BCUT2D eigenvalue weighted by Crippen LogP contribution is -2.26. The number of hydrogen-bond acceptors (Lipinski definition) is 6. The molecule has 1 N–H and O–H groups in total. The van der Waals surface area contributed by atoms with Gasteiger partial charge in [0.2, 0.25) is 5.89 Å². The van der Waals surface area contributed by atoms with E-state index in [1.165, 1.54) is 6.42 Å². The molecule has 0 aromatic carbocycles. The van der Waals surface area contributed by atoms with E-state index in [0.717, 1.165) is 30.3 Å². The van der Waals surface area contributed by atoms with E-state index in [1.54, 1.807) is 0 Å². The van der Waals surface area contributed by atoms with Gasteiger partial charge in [-0.25, -0.2) is 0 Å². The van der Waals surface area contributed by atoms with Gasteiger partial charge in [0.1, 0.15) is 11.5 Å². The van der Waals surface area contributed by atoms with Crippen LogP contribution in [0.2, 0.25) is 0 Å². The van der Waals surface area contributed by atoms with Crippen molar-refractivity contribution in [3.63, 3.8) is 0 Å². The first-order valence-electron chi connectivity index (χ1n) is 7.43. The minimum absolute atomic E-state index is 0.123. The smallest absolute Gasteiger partial charge is 0.315 e. The van der Waals surface area contributed by atoms with E-state index < -0.39 is 0 Å². The van der Waals surface area contributed by atoms with E-state index in [4.69, 9.17) is 8.83 Å².